The minimum Gasteiger partial charge on any atom is -0.457 e. The fourth-order valence-corrected chi connectivity index (χ4v) is 3.22. The van der Waals surface area contributed by atoms with Crippen molar-refractivity contribution in [3.05, 3.63) is 82.6 Å². The average molecular weight is 378 g/mol. The van der Waals surface area contributed by atoms with Crippen molar-refractivity contribution in [3.8, 4) is 11.1 Å². The Labute approximate surface area is 161 Å². The van der Waals surface area contributed by atoms with Gasteiger partial charge in [0.1, 0.15) is 0 Å². The summed E-state index contributed by atoms with van der Waals surface area (Å²) in [5, 5.41) is 1.79. The Bertz CT molecular complexity index is 913. The van der Waals surface area contributed by atoms with Crippen molar-refractivity contribution in [2.24, 2.45) is 0 Å². The number of carbonyl (C=O) groups excluding carboxylic acids is 3. The van der Waals surface area contributed by atoms with Crippen molar-refractivity contribution in [3.63, 3.8) is 0 Å². The van der Waals surface area contributed by atoms with E-state index in [0.29, 0.717) is 10.4 Å². The minimum absolute atomic E-state index is 0.0447. The fraction of sp³-hybridized carbons (Fsp3) is 0.136. The van der Waals surface area contributed by atoms with Crippen molar-refractivity contribution in [1.82, 2.24) is 0 Å². The fourth-order valence-electron chi connectivity index (χ4n) is 2.57. The van der Waals surface area contributed by atoms with Gasteiger partial charge in [-0.3, -0.25) is 14.4 Å². The van der Waals surface area contributed by atoms with E-state index in [9.17, 15) is 14.4 Å². The summed E-state index contributed by atoms with van der Waals surface area (Å²) in [6, 6.07) is 20.6. The number of thiophene rings is 1. The third-order valence-electron chi connectivity index (χ3n) is 4.03. The van der Waals surface area contributed by atoms with Crippen molar-refractivity contribution in [2.45, 2.75) is 12.8 Å². The Hall–Kier alpha value is -3.05. The number of Topliss-reactive ketones (excluding diaryl/α,β-unsaturated/α-hetero) is 2. The second-order valence-corrected chi connectivity index (χ2v) is 6.88. The van der Waals surface area contributed by atoms with E-state index in [2.05, 4.69) is 0 Å². The molecule has 3 rings (SSSR count). The molecule has 0 atom stereocenters. The molecule has 0 spiro atoms. The van der Waals surface area contributed by atoms with Gasteiger partial charge in [-0.2, -0.15) is 0 Å². The van der Waals surface area contributed by atoms with Gasteiger partial charge in [-0.15, -0.1) is 11.3 Å². The number of hydrogen-bond donors (Lipinski definition) is 0. The second kappa shape index (κ2) is 9.05. The molecular weight excluding hydrogens is 360 g/mol. The van der Waals surface area contributed by atoms with Gasteiger partial charge in [0, 0.05) is 12.0 Å². The van der Waals surface area contributed by atoms with Crippen LogP contribution in [0.25, 0.3) is 11.1 Å². The van der Waals surface area contributed by atoms with E-state index in [-0.39, 0.29) is 31.0 Å². The zero-order chi connectivity index (χ0) is 19.1. The van der Waals surface area contributed by atoms with E-state index in [0.717, 1.165) is 11.1 Å². The van der Waals surface area contributed by atoms with Crippen LogP contribution in [0, 0.1) is 0 Å². The highest BCUT2D eigenvalue weighted by Gasteiger charge is 2.13. The van der Waals surface area contributed by atoms with Crippen molar-refractivity contribution < 1.29 is 19.1 Å². The van der Waals surface area contributed by atoms with Crippen LogP contribution in [-0.2, 0) is 9.53 Å². The molecule has 0 aliphatic heterocycles. The van der Waals surface area contributed by atoms with Crippen molar-refractivity contribution in [1.29, 1.82) is 0 Å². The molecule has 0 unspecified atom stereocenters. The van der Waals surface area contributed by atoms with Gasteiger partial charge in [0.15, 0.2) is 12.4 Å². The topological polar surface area (TPSA) is 60.4 Å². The van der Waals surface area contributed by atoms with Gasteiger partial charge in [-0.25, -0.2) is 0 Å². The van der Waals surface area contributed by atoms with Gasteiger partial charge in [0.25, 0.3) is 0 Å². The molecule has 0 bridgehead atoms. The van der Waals surface area contributed by atoms with Crippen LogP contribution in [0.1, 0.15) is 32.9 Å². The molecule has 3 aromatic rings. The number of hydrogen-bond acceptors (Lipinski definition) is 5. The summed E-state index contributed by atoms with van der Waals surface area (Å²) in [6.07, 6.45) is 0.00764. The third kappa shape index (κ3) is 5.21. The highest BCUT2D eigenvalue weighted by molar-refractivity contribution is 7.12. The van der Waals surface area contributed by atoms with Crippen LogP contribution in [0.3, 0.4) is 0 Å². The van der Waals surface area contributed by atoms with E-state index in [4.69, 9.17) is 4.74 Å². The molecule has 0 radical (unpaired) electrons. The summed E-state index contributed by atoms with van der Waals surface area (Å²) in [7, 11) is 0. The number of benzene rings is 2. The molecule has 0 aliphatic rings. The average Bonchev–Trinajstić information content (AvgIpc) is 3.26. The van der Waals surface area contributed by atoms with E-state index >= 15 is 0 Å². The molecule has 2 aromatic carbocycles. The predicted octanol–water partition coefficient (Wildman–Crippen LogP) is 4.80. The maximum absolute atomic E-state index is 12.2. The first-order valence-corrected chi connectivity index (χ1v) is 9.42. The number of carbonyl (C=O) groups is 3. The smallest absolute Gasteiger partial charge is 0.306 e. The first-order chi connectivity index (χ1) is 13.1. The molecule has 0 amide bonds. The van der Waals surface area contributed by atoms with Crippen LogP contribution in [-0.4, -0.2) is 24.1 Å². The molecule has 1 aromatic heterocycles. The molecule has 136 valence electrons. The quantitative estimate of drug-likeness (QED) is 0.417. The number of ketones is 2. The highest BCUT2D eigenvalue weighted by Crippen LogP contribution is 2.20. The molecular formula is C22H18O4S. The summed E-state index contributed by atoms with van der Waals surface area (Å²) < 4.78 is 4.96. The predicted molar refractivity (Wildman–Crippen MR) is 105 cm³/mol. The molecule has 0 N–H and O–H groups in total. The molecule has 27 heavy (non-hydrogen) atoms. The largest absolute Gasteiger partial charge is 0.457 e. The first-order valence-electron chi connectivity index (χ1n) is 8.54. The zero-order valence-electron chi connectivity index (χ0n) is 14.6. The molecule has 5 heteroatoms. The Morgan fingerprint density at radius 3 is 2.11 bits per heavy atom. The molecule has 0 aliphatic carbocycles. The van der Waals surface area contributed by atoms with Crippen LogP contribution < -0.4 is 0 Å². The van der Waals surface area contributed by atoms with Crippen LogP contribution in [0.2, 0.25) is 0 Å². The Morgan fingerprint density at radius 2 is 1.44 bits per heavy atom. The lowest BCUT2D eigenvalue weighted by molar-refractivity contribution is -0.142. The molecule has 1 heterocycles. The first kappa shape index (κ1) is 18.7. The zero-order valence-corrected chi connectivity index (χ0v) is 15.4. The molecule has 4 nitrogen and oxygen atoms in total. The maximum atomic E-state index is 12.2. The molecule has 0 saturated carbocycles. The summed E-state index contributed by atoms with van der Waals surface area (Å²) in [4.78, 5) is 36.4. The van der Waals surface area contributed by atoms with Gasteiger partial charge in [0.05, 0.1) is 11.3 Å². The standard InChI is InChI=1S/C22H18O4S/c23-19(12-13-22(25)26-15-20(24)21-7-4-14-27-21)18-10-8-17(9-11-18)16-5-2-1-3-6-16/h1-11,14H,12-13,15H2. The Kier molecular flexibility index (Phi) is 6.28. The van der Waals surface area contributed by atoms with E-state index in [1.54, 1.807) is 29.6 Å². The van der Waals surface area contributed by atoms with E-state index in [1.165, 1.54) is 11.3 Å². The van der Waals surface area contributed by atoms with E-state index in [1.807, 2.05) is 42.5 Å². The minimum atomic E-state index is -0.547. The maximum Gasteiger partial charge on any atom is 0.306 e. The van der Waals surface area contributed by atoms with Crippen molar-refractivity contribution >= 4 is 28.9 Å². The van der Waals surface area contributed by atoms with Crippen LogP contribution in [0.15, 0.2) is 72.1 Å². The highest BCUT2D eigenvalue weighted by atomic mass is 32.1. The van der Waals surface area contributed by atoms with Gasteiger partial charge in [-0.1, -0.05) is 60.7 Å². The van der Waals surface area contributed by atoms with Crippen molar-refractivity contribution in [2.75, 3.05) is 6.61 Å². The lowest BCUT2D eigenvalue weighted by Gasteiger charge is -2.05. The lowest BCUT2D eigenvalue weighted by atomic mass is 10.0. The van der Waals surface area contributed by atoms with Gasteiger partial charge in [0.2, 0.25) is 5.78 Å². The number of ether oxygens (including phenoxy) is 1. The van der Waals surface area contributed by atoms with E-state index < -0.39 is 5.97 Å². The normalized spacial score (nSPS) is 10.4. The third-order valence-corrected chi connectivity index (χ3v) is 4.94. The van der Waals surface area contributed by atoms with Gasteiger partial charge < -0.3 is 4.74 Å². The van der Waals surface area contributed by atoms with Gasteiger partial charge >= 0.3 is 5.97 Å². The summed E-state index contributed by atoms with van der Waals surface area (Å²) >= 11 is 1.30. The Morgan fingerprint density at radius 1 is 0.741 bits per heavy atom. The summed E-state index contributed by atoms with van der Waals surface area (Å²) in [6.45, 7) is -0.292. The molecule has 0 saturated heterocycles. The second-order valence-electron chi connectivity index (χ2n) is 5.93. The monoisotopic (exact) mass is 378 g/mol. The van der Waals surface area contributed by atoms with Crippen LogP contribution in [0.4, 0.5) is 0 Å². The lowest BCUT2D eigenvalue weighted by Crippen LogP contribution is -2.14. The SMILES string of the molecule is O=C(CCC(=O)c1ccc(-c2ccccc2)cc1)OCC(=O)c1cccs1. The Balaban J connectivity index is 1.47. The number of rotatable bonds is 8. The van der Waals surface area contributed by atoms with Crippen LogP contribution >= 0.6 is 11.3 Å². The summed E-state index contributed by atoms with van der Waals surface area (Å²) in [5.41, 5.74) is 2.66. The van der Waals surface area contributed by atoms with Gasteiger partial charge in [-0.05, 0) is 22.6 Å². The summed E-state index contributed by atoms with van der Waals surface area (Å²) in [5.74, 6) is -0.911. The van der Waals surface area contributed by atoms with Crippen LogP contribution in [0.5, 0.6) is 0 Å². The molecule has 0 fully saturated rings. The number of esters is 1.